The van der Waals surface area contributed by atoms with Crippen LogP contribution < -0.4 is 9.64 Å². The van der Waals surface area contributed by atoms with E-state index in [2.05, 4.69) is 33.1 Å². The first-order valence-corrected chi connectivity index (χ1v) is 8.00. The standard InChI is InChI=1S/C18H23N3O/c1-22-17-7-2-5-15(13-17)8-9-16-6-3-12-21(14-16)18-19-10-4-11-20-18/h2,4-5,7,10-11,13,16H,3,6,8-9,12,14H2,1H3/t16-/m1/s1. The summed E-state index contributed by atoms with van der Waals surface area (Å²) in [7, 11) is 1.72. The van der Waals surface area contributed by atoms with Crippen LogP contribution in [-0.2, 0) is 6.42 Å². The van der Waals surface area contributed by atoms with Crippen LogP contribution in [0.2, 0.25) is 0 Å². The third-order valence-corrected chi connectivity index (χ3v) is 4.33. The van der Waals surface area contributed by atoms with Gasteiger partial charge in [0.1, 0.15) is 5.75 Å². The predicted molar refractivity (Wildman–Crippen MR) is 88.3 cm³/mol. The first-order chi connectivity index (χ1) is 10.8. The van der Waals surface area contributed by atoms with Crippen LogP contribution in [0, 0.1) is 5.92 Å². The topological polar surface area (TPSA) is 38.2 Å². The van der Waals surface area contributed by atoms with Gasteiger partial charge in [-0.2, -0.15) is 0 Å². The highest BCUT2D eigenvalue weighted by Crippen LogP contribution is 2.24. The Kier molecular flexibility index (Phi) is 4.88. The Morgan fingerprint density at radius 2 is 2.09 bits per heavy atom. The molecule has 4 heteroatoms. The maximum absolute atomic E-state index is 5.30. The summed E-state index contributed by atoms with van der Waals surface area (Å²) >= 11 is 0. The Hall–Kier alpha value is -2.10. The molecule has 0 radical (unpaired) electrons. The third-order valence-electron chi connectivity index (χ3n) is 4.33. The molecule has 0 bridgehead atoms. The van der Waals surface area contributed by atoms with Crippen LogP contribution in [-0.4, -0.2) is 30.2 Å². The van der Waals surface area contributed by atoms with Crippen molar-refractivity contribution in [3.63, 3.8) is 0 Å². The van der Waals surface area contributed by atoms with Gasteiger partial charge in [-0.05, 0) is 55.4 Å². The number of rotatable bonds is 5. The van der Waals surface area contributed by atoms with Crippen molar-refractivity contribution >= 4 is 5.95 Å². The van der Waals surface area contributed by atoms with Crippen molar-refractivity contribution in [3.05, 3.63) is 48.3 Å². The number of anilines is 1. The third kappa shape index (κ3) is 3.75. The average molecular weight is 297 g/mol. The van der Waals surface area contributed by atoms with Crippen molar-refractivity contribution in [1.29, 1.82) is 0 Å². The average Bonchev–Trinajstić information content (AvgIpc) is 2.61. The second kappa shape index (κ2) is 7.25. The highest BCUT2D eigenvalue weighted by molar-refractivity contribution is 5.30. The van der Waals surface area contributed by atoms with E-state index >= 15 is 0 Å². The second-order valence-corrected chi connectivity index (χ2v) is 5.89. The molecular formula is C18H23N3O. The molecule has 2 aromatic rings. The fourth-order valence-electron chi connectivity index (χ4n) is 3.14. The molecule has 2 heterocycles. The Bertz CT molecular complexity index is 588. The van der Waals surface area contributed by atoms with Crippen molar-refractivity contribution in [2.24, 2.45) is 5.92 Å². The molecule has 1 aliphatic rings. The van der Waals surface area contributed by atoms with Gasteiger partial charge in [-0.1, -0.05) is 12.1 Å². The zero-order chi connectivity index (χ0) is 15.2. The molecule has 1 atom stereocenters. The van der Waals surface area contributed by atoms with Crippen molar-refractivity contribution in [2.45, 2.75) is 25.7 Å². The maximum Gasteiger partial charge on any atom is 0.225 e. The van der Waals surface area contributed by atoms with Crippen LogP contribution in [0.1, 0.15) is 24.8 Å². The van der Waals surface area contributed by atoms with E-state index in [1.165, 1.54) is 24.8 Å². The molecular weight excluding hydrogens is 274 g/mol. The van der Waals surface area contributed by atoms with Gasteiger partial charge in [0.15, 0.2) is 0 Å². The summed E-state index contributed by atoms with van der Waals surface area (Å²) in [5.41, 5.74) is 1.35. The minimum absolute atomic E-state index is 0.712. The Labute approximate surface area is 132 Å². The fraction of sp³-hybridized carbons (Fsp3) is 0.444. The molecule has 3 rings (SSSR count). The largest absolute Gasteiger partial charge is 0.497 e. The smallest absolute Gasteiger partial charge is 0.225 e. The van der Waals surface area contributed by atoms with E-state index in [0.29, 0.717) is 5.92 Å². The lowest BCUT2D eigenvalue weighted by molar-refractivity contribution is 0.387. The quantitative estimate of drug-likeness (QED) is 0.848. The van der Waals surface area contributed by atoms with Gasteiger partial charge in [-0.15, -0.1) is 0 Å². The lowest BCUT2D eigenvalue weighted by Crippen LogP contribution is -2.36. The number of aryl methyl sites for hydroxylation is 1. The Morgan fingerprint density at radius 1 is 1.23 bits per heavy atom. The van der Waals surface area contributed by atoms with Gasteiger partial charge >= 0.3 is 0 Å². The normalized spacial score (nSPS) is 18.2. The molecule has 0 spiro atoms. The van der Waals surface area contributed by atoms with Crippen molar-refractivity contribution in [2.75, 3.05) is 25.1 Å². The van der Waals surface area contributed by atoms with E-state index in [1.807, 2.05) is 24.5 Å². The number of piperidine rings is 1. The molecule has 22 heavy (non-hydrogen) atoms. The highest BCUT2D eigenvalue weighted by atomic mass is 16.5. The van der Waals surface area contributed by atoms with E-state index in [9.17, 15) is 0 Å². The number of nitrogens with zero attached hydrogens (tertiary/aromatic N) is 3. The maximum atomic E-state index is 5.30. The van der Waals surface area contributed by atoms with Gasteiger partial charge < -0.3 is 9.64 Å². The van der Waals surface area contributed by atoms with E-state index in [1.54, 1.807) is 7.11 Å². The summed E-state index contributed by atoms with van der Waals surface area (Å²) in [6, 6.07) is 10.3. The second-order valence-electron chi connectivity index (χ2n) is 5.89. The minimum atomic E-state index is 0.712. The predicted octanol–water partition coefficient (Wildman–Crippen LogP) is 3.33. The molecule has 1 saturated heterocycles. The molecule has 0 aliphatic carbocycles. The van der Waals surface area contributed by atoms with Crippen molar-refractivity contribution < 1.29 is 4.74 Å². The monoisotopic (exact) mass is 297 g/mol. The number of methoxy groups -OCH3 is 1. The van der Waals surface area contributed by atoms with Gasteiger partial charge in [-0.3, -0.25) is 0 Å². The van der Waals surface area contributed by atoms with Gasteiger partial charge in [0.2, 0.25) is 5.95 Å². The van der Waals surface area contributed by atoms with Crippen molar-refractivity contribution in [1.82, 2.24) is 9.97 Å². The van der Waals surface area contributed by atoms with E-state index in [-0.39, 0.29) is 0 Å². The zero-order valence-corrected chi connectivity index (χ0v) is 13.1. The summed E-state index contributed by atoms with van der Waals surface area (Å²) < 4.78 is 5.30. The minimum Gasteiger partial charge on any atom is -0.497 e. The molecule has 0 saturated carbocycles. The van der Waals surface area contributed by atoms with E-state index < -0.39 is 0 Å². The highest BCUT2D eigenvalue weighted by Gasteiger charge is 2.21. The molecule has 1 aromatic carbocycles. The number of benzene rings is 1. The summed E-state index contributed by atoms with van der Waals surface area (Å²) in [6.07, 6.45) is 8.47. The molecule has 116 valence electrons. The SMILES string of the molecule is COc1cccc(CC[C@H]2CCCN(c3ncccn3)C2)c1. The van der Waals surface area contributed by atoms with Crippen LogP contribution in [0.15, 0.2) is 42.7 Å². The van der Waals surface area contributed by atoms with Gasteiger partial charge in [0.05, 0.1) is 7.11 Å². The van der Waals surface area contributed by atoms with Crippen LogP contribution in [0.3, 0.4) is 0 Å². The van der Waals surface area contributed by atoms with Crippen LogP contribution in [0.5, 0.6) is 5.75 Å². The summed E-state index contributed by atoms with van der Waals surface area (Å²) in [6.45, 7) is 2.13. The number of hydrogen-bond donors (Lipinski definition) is 0. The lowest BCUT2D eigenvalue weighted by Gasteiger charge is -2.32. The zero-order valence-electron chi connectivity index (χ0n) is 13.1. The number of ether oxygens (including phenoxy) is 1. The fourth-order valence-corrected chi connectivity index (χ4v) is 3.14. The first-order valence-electron chi connectivity index (χ1n) is 8.00. The molecule has 1 aliphatic heterocycles. The van der Waals surface area contributed by atoms with Gasteiger partial charge in [0, 0.05) is 25.5 Å². The first kappa shape index (κ1) is 14.8. The number of hydrogen-bond acceptors (Lipinski definition) is 4. The van der Waals surface area contributed by atoms with Crippen LogP contribution >= 0.6 is 0 Å². The van der Waals surface area contributed by atoms with Gasteiger partial charge in [-0.25, -0.2) is 9.97 Å². The molecule has 1 aromatic heterocycles. The molecule has 0 N–H and O–H groups in total. The summed E-state index contributed by atoms with van der Waals surface area (Å²) in [4.78, 5) is 11.1. The van der Waals surface area contributed by atoms with E-state index in [4.69, 9.17) is 4.74 Å². The molecule has 1 fully saturated rings. The van der Waals surface area contributed by atoms with Crippen molar-refractivity contribution in [3.8, 4) is 5.75 Å². The van der Waals surface area contributed by atoms with Crippen LogP contribution in [0.4, 0.5) is 5.95 Å². The van der Waals surface area contributed by atoms with Crippen LogP contribution in [0.25, 0.3) is 0 Å². The Morgan fingerprint density at radius 3 is 2.91 bits per heavy atom. The molecule has 0 unspecified atom stereocenters. The number of aromatic nitrogens is 2. The molecule has 4 nitrogen and oxygen atoms in total. The summed E-state index contributed by atoms with van der Waals surface area (Å²) in [5.74, 6) is 2.53. The Balaban J connectivity index is 1.56. The molecule has 0 amide bonds. The summed E-state index contributed by atoms with van der Waals surface area (Å²) in [5, 5.41) is 0. The lowest BCUT2D eigenvalue weighted by atomic mass is 9.92. The van der Waals surface area contributed by atoms with E-state index in [0.717, 1.165) is 31.2 Å². The van der Waals surface area contributed by atoms with Gasteiger partial charge in [0.25, 0.3) is 0 Å².